The van der Waals surface area contributed by atoms with Gasteiger partial charge in [-0.15, -0.1) is 11.3 Å². The number of carbonyl (C=O) groups excluding carboxylic acids is 2. The van der Waals surface area contributed by atoms with Crippen molar-refractivity contribution in [2.24, 2.45) is 5.92 Å². The Labute approximate surface area is 152 Å². The molecule has 25 heavy (non-hydrogen) atoms. The zero-order valence-corrected chi connectivity index (χ0v) is 16.1. The molecule has 2 aliphatic rings. The molecule has 2 N–H and O–H groups in total. The van der Waals surface area contributed by atoms with Crippen LogP contribution in [0.1, 0.15) is 60.8 Å². The standard InChI is InChI=1S/C18H26N2O4S/c1-5-23-16(21)14-13-11-9-20(17(22)24-18(2,3)4)8-10(11)6-7-12(13)25-15(14)19/h10-11H,5-9,19H2,1-4H3. The van der Waals surface area contributed by atoms with E-state index in [1.807, 2.05) is 20.8 Å². The fourth-order valence-corrected chi connectivity index (χ4v) is 4.93. The largest absolute Gasteiger partial charge is 0.462 e. The van der Waals surface area contributed by atoms with Gasteiger partial charge in [0.15, 0.2) is 0 Å². The molecule has 0 radical (unpaired) electrons. The predicted octanol–water partition coefficient (Wildman–Crippen LogP) is 3.40. The van der Waals surface area contributed by atoms with Crippen molar-refractivity contribution in [2.75, 3.05) is 25.4 Å². The summed E-state index contributed by atoms with van der Waals surface area (Å²) in [6, 6.07) is 0. The molecule has 1 aliphatic heterocycles. The van der Waals surface area contributed by atoms with E-state index in [1.165, 1.54) is 11.3 Å². The molecule has 2 atom stereocenters. The maximum Gasteiger partial charge on any atom is 0.410 e. The molecule has 1 saturated heterocycles. The van der Waals surface area contributed by atoms with Crippen LogP contribution in [-0.2, 0) is 15.9 Å². The van der Waals surface area contributed by atoms with Crippen LogP contribution in [0.2, 0.25) is 0 Å². The summed E-state index contributed by atoms with van der Waals surface area (Å²) >= 11 is 1.48. The number of aryl methyl sites for hydroxylation is 1. The Morgan fingerprint density at radius 3 is 2.68 bits per heavy atom. The Balaban J connectivity index is 1.86. The molecular formula is C18H26N2O4S. The third kappa shape index (κ3) is 3.47. The van der Waals surface area contributed by atoms with E-state index in [2.05, 4.69) is 0 Å². The van der Waals surface area contributed by atoms with Crippen LogP contribution in [0.5, 0.6) is 0 Å². The summed E-state index contributed by atoms with van der Waals surface area (Å²) in [6.07, 6.45) is 1.61. The van der Waals surface area contributed by atoms with Gasteiger partial charge in [-0.1, -0.05) is 0 Å². The van der Waals surface area contributed by atoms with Gasteiger partial charge in [0, 0.05) is 23.9 Å². The minimum atomic E-state index is -0.515. The number of rotatable bonds is 2. The minimum Gasteiger partial charge on any atom is -0.462 e. The van der Waals surface area contributed by atoms with Crippen LogP contribution in [0, 0.1) is 5.92 Å². The highest BCUT2D eigenvalue weighted by Crippen LogP contribution is 2.48. The van der Waals surface area contributed by atoms with Crippen LogP contribution in [0.25, 0.3) is 0 Å². The zero-order chi connectivity index (χ0) is 18.4. The Kier molecular flexibility index (Phi) is 4.70. The van der Waals surface area contributed by atoms with Crippen molar-refractivity contribution in [1.29, 1.82) is 0 Å². The molecule has 3 rings (SSSR count). The number of amides is 1. The fraction of sp³-hybridized carbons (Fsp3) is 0.667. The molecule has 138 valence electrons. The number of thiophene rings is 1. The lowest BCUT2D eigenvalue weighted by Gasteiger charge is -2.25. The first-order chi connectivity index (χ1) is 11.7. The van der Waals surface area contributed by atoms with Crippen LogP contribution in [0.4, 0.5) is 9.80 Å². The lowest BCUT2D eigenvalue weighted by molar-refractivity contribution is 0.0286. The predicted molar refractivity (Wildman–Crippen MR) is 97.0 cm³/mol. The van der Waals surface area contributed by atoms with Crippen molar-refractivity contribution in [3.05, 3.63) is 16.0 Å². The molecule has 1 aromatic heterocycles. The minimum absolute atomic E-state index is 0.129. The van der Waals surface area contributed by atoms with Crippen LogP contribution < -0.4 is 5.73 Å². The average molecular weight is 366 g/mol. The number of likely N-dealkylation sites (tertiary alicyclic amines) is 1. The number of ether oxygens (including phenoxy) is 2. The summed E-state index contributed by atoms with van der Waals surface area (Å²) in [4.78, 5) is 27.7. The van der Waals surface area contributed by atoms with Gasteiger partial charge in [0.1, 0.15) is 10.6 Å². The van der Waals surface area contributed by atoms with E-state index >= 15 is 0 Å². The second-order valence-electron chi connectivity index (χ2n) is 7.69. The van der Waals surface area contributed by atoms with Gasteiger partial charge in [-0.2, -0.15) is 0 Å². The Bertz CT molecular complexity index is 692. The first kappa shape index (κ1) is 18.0. The molecule has 0 spiro atoms. The van der Waals surface area contributed by atoms with E-state index in [4.69, 9.17) is 15.2 Å². The van der Waals surface area contributed by atoms with E-state index < -0.39 is 5.60 Å². The second kappa shape index (κ2) is 6.52. The van der Waals surface area contributed by atoms with E-state index in [1.54, 1.807) is 11.8 Å². The highest BCUT2D eigenvalue weighted by Gasteiger charge is 2.44. The van der Waals surface area contributed by atoms with Crippen LogP contribution in [-0.4, -0.2) is 42.3 Å². The average Bonchev–Trinajstić information content (AvgIpc) is 3.05. The molecule has 1 aliphatic carbocycles. The lowest BCUT2D eigenvalue weighted by atomic mass is 9.79. The smallest absolute Gasteiger partial charge is 0.410 e. The van der Waals surface area contributed by atoms with Crippen molar-refractivity contribution < 1.29 is 19.1 Å². The summed E-state index contributed by atoms with van der Waals surface area (Å²) in [5.41, 5.74) is 7.13. The molecular weight excluding hydrogens is 340 g/mol. The third-order valence-corrected chi connectivity index (χ3v) is 5.83. The van der Waals surface area contributed by atoms with Crippen LogP contribution >= 0.6 is 11.3 Å². The number of esters is 1. The first-order valence-corrected chi connectivity index (χ1v) is 9.59. The Morgan fingerprint density at radius 2 is 2.04 bits per heavy atom. The summed E-state index contributed by atoms with van der Waals surface area (Å²) in [5.74, 6) is 0.111. The highest BCUT2D eigenvalue weighted by molar-refractivity contribution is 7.16. The molecule has 1 amide bonds. The van der Waals surface area contributed by atoms with E-state index in [9.17, 15) is 9.59 Å². The number of nitrogen functional groups attached to an aromatic ring is 1. The second-order valence-corrected chi connectivity index (χ2v) is 8.83. The summed E-state index contributed by atoms with van der Waals surface area (Å²) in [7, 11) is 0. The molecule has 0 saturated carbocycles. The summed E-state index contributed by atoms with van der Waals surface area (Å²) < 4.78 is 10.7. The molecule has 0 bridgehead atoms. The zero-order valence-electron chi connectivity index (χ0n) is 15.3. The van der Waals surface area contributed by atoms with Crippen LogP contribution in [0.15, 0.2) is 0 Å². The number of hydrogen-bond donors (Lipinski definition) is 1. The summed E-state index contributed by atoms with van der Waals surface area (Å²) in [5, 5.41) is 0.528. The van der Waals surface area contributed by atoms with Gasteiger partial charge in [0.05, 0.1) is 12.2 Å². The van der Waals surface area contributed by atoms with Crippen molar-refractivity contribution in [1.82, 2.24) is 4.90 Å². The van der Waals surface area contributed by atoms with Gasteiger partial charge < -0.3 is 20.1 Å². The number of fused-ring (bicyclic) bond motifs is 3. The SMILES string of the molecule is CCOC(=O)c1c(N)sc2c1C1CN(C(=O)OC(C)(C)C)CC1CC2. The number of hydrogen-bond acceptors (Lipinski definition) is 6. The molecule has 2 heterocycles. The third-order valence-electron chi connectivity index (χ3n) is 4.73. The lowest BCUT2D eigenvalue weighted by Crippen LogP contribution is -2.35. The molecule has 0 aromatic carbocycles. The number of carbonyl (C=O) groups is 2. The maximum absolute atomic E-state index is 12.4. The Morgan fingerprint density at radius 1 is 1.32 bits per heavy atom. The van der Waals surface area contributed by atoms with Gasteiger partial charge in [-0.3, -0.25) is 0 Å². The van der Waals surface area contributed by atoms with E-state index in [-0.39, 0.29) is 18.0 Å². The maximum atomic E-state index is 12.4. The number of nitrogens with zero attached hydrogens (tertiary/aromatic N) is 1. The molecule has 2 unspecified atom stereocenters. The number of anilines is 1. The quantitative estimate of drug-likeness (QED) is 0.811. The molecule has 7 heteroatoms. The molecule has 1 aromatic rings. The first-order valence-electron chi connectivity index (χ1n) is 8.77. The van der Waals surface area contributed by atoms with Crippen molar-refractivity contribution in [3.63, 3.8) is 0 Å². The van der Waals surface area contributed by atoms with Gasteiger partial charge in [0.25, 0.3) is 0 Å². The monoisotopic (exact) mass is 366 g/mol. The van der Waals surface area contributed by atoms with E-state index in [0.29, 0.717) is 36.2 Å². The van der Waals surface area contributed by atoms with Crippen molar-refractivity contribution in [2.45, 2.75) is 52.1 Å². The van der Waals surface area contributed by atoms with Gasteiger partial charge >= 0.3 is 12.1 Å². The highest BCUT2D eigenvalue weighted by atomic mass is 32.1. The fourth-order valence-electron chi connectivity index (χ4n) is 3.79. The molecule has 1 fully saturated rings. The van der Waals surface area contributed by atoms with Gasteiger partial charge in [0.2, 0.25) is 0 Å². The van der Waals surface area contributed by atoms with E-state index in [0.717, 1.165) is 23.3 Å². The number of nitrogens with two attached hydrogens (primary N) is 1. The van der Waals surface area contributed by atoms with Crippen LogP contribution in [0.3, 0.4) is 0 Å². The van der Waals surface area contributed by atoms with Crippen molar-refractivity contribution in [3.8, 4) is 0 Å². The van der Waals surface area contributed by atoms with Gasteiger partial charge in [-0.25, -0.2) is 9.59 Å². The van der Waals surface area contributed by atoms with Gasteiger partial charge in [-0.05, 0) is 52.0 Å². The topological polar surface area (TPSA) is 81.9 Å². The van der Waals surface area contributed by atoms with Crippen molar-refractivity contribution >= 4 is 28.4 Å². The normalized spacial score (nSPS) is 22.3. The summed E-state index contributed by atoms with van der Waals surface area (Å²) in [6.45, 7) is 8.93. The Hall–Kier alpha value is -1.76. The molecule has 6 nitrogen and oxygen atoms in total.